The Hall–Kier alpha value is -2.18. The molecule has 0 aromatic carbocycles. The van der Waals surface area contributed by atoms with E-state index < -0.39 is 0 Å². The van der Waals surface area contributed by atoms with E-state index in [1.807, 2.05) is 24.2 Å². The van der Waals surface area contributed by atoms with Gasteiger partial charge in [0.2, 0.25) is 5.91 Å². The van der Waals surface area contributed by atoms with Crippen molar-refractivity contribution in [1.29, 1.82) is 0 Å². The molecular formula is C18H17N3OS2. The fourth-order valence-electron chi connectivity index (χ4n) is 3.10. The number of carbonyl (C=O) groups excluding carboxylic acids is 1. The summed E-state index contributed by atoms with van der Waals surface area (Å²) in [7, 11) is 1.87. The Morgan fingerprint density at radius 1 is 1.33 bits per heavy atom. The average molecular weight is 355 g/mol. The van der Waals surface area contributed by atoms with E-state index in [0.29, 0.717) is 0 Å². The lowest BCUT2D eigenvalue weighted by molar-refractivity contribution is -0.127. The number of aromatic nitrogens is 2. The zero-order chi connectivity index (χ0) is 16.5. The Kier molecular flexibility index (Phi) is 4.08. The minimum absolute atomic E-state index is 0.0334. The average Bonchev–Trinajstić information content (AvgIpc) is 3.32. The van der Waals surface area contributed by atoms with Gasteiger partial charge >= 0.3 is 0 Å². The van der Waals surface area contributed by atoms with Crippen molar-refractivity contribution in [1.82, 2.24) is 14.7 Å². The highest BCUT2D eigenvalue weighted by atomic mass is 32.1. The Morgan fingerprint density at radius 3 is 3.00 bits per heavy atom. The fourth-order valence-corrected chi connectivity index (χ4v) is 4.86. The SMILES string of the molecule is Cn1cc(/C=C/C(=O)N2CCc3sccc3C2c2cccs2)cn1. The number of amides is 1. The second-order valence-corrected chi connectivity index (χ2v) is 7.76. The summed E-state index contributed by atoms with van der Waals surface area (Å²) in [6, 6.07) is 6.36. The Morgan fingerprint density at radius 2 is 2.25 bits per heavy atom. The van der Waals surface area contributed by atoms with Crippen molar-refractivity contribution in [2.24, 2.45) is 7.05 Å². The molecule has 0 N–H and O–H groups in total. The van der Waals surface area contributed by atoms with Crippen molar-refractivity contribution < 1.29 is 4.79 Å². The lowest BCUT2D eigenvalue weighted by Crippen LogP contribution is -2.38. The van der Waals surface area contributed by atoms with Gasteiger partial charge in [0.15, 0.2) is 0 Å². The summed E-state index contributed by atoms with van der Waals surface area (Å²) in [5, 5.41) is 8.33. The Labute approximate surface area is 148 Å². The van der Waals surface area contributed by atoms with Crippen molar-refractivity contribution >= 4 is 34.7 Å². The molecule has 6 heteroatoms. The summed E-state index contributed by atoms with van der Waals surface area (Å²) in [5.74, 6) is 0.0501. The van der Waals surface area contributed by atoms with E-state index in [9.17, 15) is 4.79 Å². The van der Waals surface area contributed by atoms with E-state index in [1.165, 1.54) is 15.3 Å². The lowest BCUT2D eigenvalue weighted by Gasteiger charge is -2.34. The maximum atomic E-state index is 12.8. The van der Waals surface area contributed by atoms with Gasteiger partial charge in [-0.05, 0) is 41.0 Å². The topological polar surface area (TPSA) is 38.1 Å². The molecule has 1 aliphatic heterocycles. The van der Waals surface area contributed by atoms with Gasteiger partial charge < -0.3 is 4.90 Å². The first-order valence-electron chi connectivity index (χ1n) is 7.79. The second-order valence-electron chi connectivity index (χ2n) is 5.78. The maximum absolute atomic E-state index is 12.8. The highest BCUT2D eigenvalue weighted by molar-refractivity contribution is 7.10. The summed E-state index contributed by atoms with van der Waals surface area (Å²) >= 11 is 3.50. The molecule has 24 heavy (non-hydrogen) atoms. The Balaban J connectivity index is 1.63. The number of hydrogen-bond acceptors (Lipinski definition) is 4. The molecule has 0 saturated heterocycles. The summed E-state index contributed by atoms with van der Waals surface area (Å²) < 4.78 is 1.73. The summed E-state index contributed by atoms with van der Waals surface area (Å²) in [4.78, 5) is 17.4. The first kappa shape index (κ1) is 15.4. The molecule has 4 rings (SSSR count). The number of fused-ring (bicyclic) bond motifs is 1. The van der Waals surface area contributed by atoms with Crippen molar-refractivity contribution in [2.75, 3.05) is 6.54 Å². The van der Waals surface area contributed by atoms with Gasteiger partial charge in [-0.1, -0.05) is 6.07 Å². The maximum Gasteiger partial charge on any atom is 0.247 e. The summed E-state index contributed by atoms with van der Waals surface area (Å²) in [6.45, 7) is 0.756. The van der Waals surface area contributed by atoms with E-state index >= 15 is 0 Å². The molecule has 4 nitrogen and oxygen atoms in total. The molecule has 0 saturated carbocycles. The fraction of sp³-hybridized carbons (Fsp3) is 0.222. The van der Waals surface area contributed by atoms with Crippen LogP contribution in [0.3, 0.4) is 0 Å². The van der Waals surface area contributed by atoms with Gasteiger partial charge in [0, 0.05) is 41.2 Å². The van der Waals surface area contributed by atoms with E-state index in [0.717, 1.165) is 18.5 Å². The minimum Gasteiger partial charge on any atom is -0.327 e. The third-order valence-electron chi connectivity index (χ3n) is 4.20. The van der Waals surface area contributed by atoms with Crippen molar-refractivity contribution in [3.63, 3.8) is 0 Å². The van der Waals surface area contributed by atoms with Crippen LogP contribution in [0.1, 0.15) is 26.9 Å². The molecule has 0 bridgehead atoms. The highest BCUT2D eigenvalue weighted by Gasteiger charge is 2.32. The largest absolute Gasteiger partial charge is 0.327 e. The highest BCUT2D eigenvalue weighted by Crippen LogP contribution is 2.39. The van der Waals surface area contributed by atoms with Crippen LogP contribution in [0.25, 0.3) is 6.08 Å². The first-order chi connectivity index (χ1) is 11.7. The number of thiophene rings is 2. The molecule has 0 fully saturated rings. The van der Waals surface area contributed by atoms with Gasteiger partial charge in [0.25, 0.3) is 0 Å². The standard InChI is InChI=1S/C18H17N3OS2/c1-20-12-13(11-19-20)4-5-17(22)21-8-6-15-14(7-10-24-15)18(21)16-3-2-9-23-16/h2-5,7,9-12,18H,6,8H2,1H3/b5-4+. The smallest absolute Gasteiger partial charge is 0.247 e. The summed E-state index contributed by atoms with van der Waals surface area (Å²) in [5.41, 5.74) is 2.21. The van der Waals surface area contributed by atoms with Crippen LogP contribution in [0.15, 0.2) is 47.4 Å². The molecule has 0 spiro atoms. The van der Waals surface area contributed by atoms with Gasteiger partial charge in [0.1, 0.15) is 0 Å². The zero-order valence-electron chi connectivity index (χ0n) is 13.3. The number of rotatable bonds is 3. The minimum atomic E-state index is 0.0334. The van der Waals surface area contributed by atoms with Gasteiger partial charge in [-0.2, -0.15) is 5.10 Å². The lowest BCUT2D eigenvalue weighted by atomic mass is 9.98. The van der Waals surface area contributed by atoms with Crippen LogP contribution < -0.4 is 0 Å². The normalized spacial score (nSPS) is 17.4. The first-order valence-corrected chi connectivity index (χ1v) is 9.55. The van der Waals surface area contributed by atoms with Gasteiger partial charge in [-0.25, -0.2) is 0 Å². The predicted molar refractivity (Wildman–Crippen MR) is 98.1 cm³/mol. The molecule has 3 aromatic heterocycles. The zero-order valence-corrected chi connectivity index (χ0v) is 14.9. The molecule has 4 heterocycles. The van der Waals surface area contributed by atoms with Gasteiger partial charge in [-0.3, -0.25) is 9.48 Å². The molecule has 1 aliphatic rings. The van der Waals surface area contributed by atoms with Crippen molar-refractivity contribution in [2.45, 2.75) is 12.5 Å². The Bertz CT molecular complexity index is 876. The predicted octanol–water partition coefficient (Wildman–Crippen LogP) is 3.73. The van der Waals surface area contributed by atoms with Gasteiger partial charge in [-0.15, -0.1) is 22.7 Å². The van der Waals surface area contributed by atoms with Crippen LogP contribution >= 0.6 is 22.7 Å². The third-order valence-corrected chi connectivity index (χ3v) is 6.13. The van der Waals surface area contributed by atoms with E-state index in [2.05, 4.69) is 34.1 Å². The number of carbonyl (C=O) groups is 1. The molecule has 0 radical (unpaired) electrons. The van der Waals surface area contributed by atoms with E-state index in [1.54, 1.807) is 39.6 Å². The van der Waals surface area contributed by atoms with E-state index in [-0.39, 0.29) is 11.9 Å². The molecule has 1 amide bonds. The van der Waals surface area contributed by atoms with Crippen molar-refractivity contribution in [3.8, 4) is 0 Å². The molecule has 3 aromatic rings. The number of hydrogen-bond donors (Lipinski definition) is 0. The molecule has 1 atom stereocenters. The van der Waals surface area contributed by atoms with Crippen LogP contribution in [0.2, 0.25) is 0 Å². The molecule has 0 aliphatic carbocycles. The van der Waals surface area contributed by atoms with E-state index in [4.69, 9.17) is 0 Å². The third kappa shape index (κ3) is 2.83. The number of aryl methyl sites for hydroxylation is 1. The van der Waals surface area contributed by atoms with Gasteiger partial charge in [0.05, 0.1) is 12.2 Å². The number of nitrogens with zero attached hydrogens (tertiary/aromatic N) is 3. The molecular weight excluding hydrogens is 338 g/mol. The van der Waals surface area contributed by atoms with Crippen LogP contribution in [0.4, 0.5) is 0 Å². The van der Waals surface area contributed by atoms with Crippen LogP contribution in [0.5, 0.6) is 0 Å². The van der Waals surface area contributed by atoms with Crippen LogP contribution in [-0.4, -0.2) is 27.1 Å². The quantitative estimate of drug-likeness (QED) is 0.672. The molecule has 1 unspecified atom stereocenters. The van der Waals surface area contributed by atoms with Crippen molar-refractivity contribution in [3.05, 3.63) is 68.3 Å². The monoisotopic (exact) mass is 355 g/mol. The summed E-state index contributed by atoms with van der Waals surface area (Å²) in [6.07, 6.45) is 8.09. The second kappa shape index (κ2) is 6.37. The van der Waals surface area contributed by atoms with Crippen LogP contribution in [0, 0.1) is 0 Å². The van der Waals surface area contributed by atoms with Crippen LogP contribution in [-0.2, 0) is 18.3 Å². The molecule has 122 valence electrons.